The zero-order chi connectivity index (χ0) is 21.2. The summed E-state index contributed by atoms with van der Waals surface area (Å²) in [6.45, 7) is 2.03. The van der Waals surface area contributed by atoms with Gasteiger partial charge in [0.15, 0.2) is 0 Å². The van der Waals surface area contributed by atoms with Crippen molar-refractivity contribution in [1.29, 1.82) is 0 Å². The van der Waals surface area contributed by atoms with Gasteiger partial charge in [0, 0.05) is 5.92 Å². The summed E-state index contributed by atoms with van der Waals surface area (Å²) in [5.74, 6) is 1.74. The molecule has 156 valence electrons. The van der Waals surface area contributed by atoms with Crippen LogP contribution in [0.4, 0.5) is 0 Å². The van der Waals surface area contributed by atoms with Gasteiger partial charge >= 0.3 is 0 Å². The van der Waals surface area contributed by atoms with E-state index in [9.17, 15) is 4.79 Å². The third-order valence-electron chi connectivity index (χ3n) is 5.56. The van der Waals surface area contributed by atoms with Crippen LogP contribution >= 0.6 is 11.8 Å². The van der Waals surface area contributed by atoms with Crippen LogP contribution in [0, 0.1) is 0 Å². The molecule has 1 saturated carbocycles. The van der Waals surface area contributed by atoms with Gasteiger partial charge in [-0.25, -0.2) is 9.67 Å². The van der Waals surface area contributed by atoms with Crippen LogP contribution in [-0.2, 0) is 4.79 Å². The highest BCUT2D eigenvalue weighted by molar-refractivity contribution is 7.99. The number of benzene rings is 3. The molecule has 0 radical (unpaired) electrons. The maximum atomic E-state index is 12.6. The molecule has 4 aromatic rings. The highest BCUT2D eigenvalue weighted by Gasteiger charge is 2.30. The van der Waals surface area contributed by atoms with Crippen LogP contribution in [0.3, 0.4) is 0 Å². The van der Waals surface area contributed by atoms with E-state index in [1.807, 2.05) is 60.1 Å². The van der Waals surface area contributed by atoms with Gasteiger partial charge in [-0.2, -0.15) is 0 Å². The first-order chi connectivity index (χ1) is 15.2. The largest absolute Gasteiger partial charge is 0.349 e. The molecule has 1 aliphatic carbocycles. The lowest BCUT2D eigenvalue weighted by Crippen LogP contribution is -2.28. The summed E-state index contributed by atoms with van der Waals surface area (Å²) in [5.41, 5.74) is 2.14. The van der Waals surface area contributed by atoms with Crippen molar-refractivity contribution in [2.45, 2.75) is 36.9 Å². The van der Waals surface area contributed by atoms with Crippen molar-refractivity contribution in [1.82, 2.24) is 20.1 Å². The Balaban J connectivity index is 1.27. The van der Waals surface area contributed by atoms with Crippen LogP contribution in [-0.4, -0.2) is 26.4 Å². The number of fused-ring (bicyclic) bond motifs is 1. The first-order valence-electron chi connectivity index (χ1n) is 10.6. The van der Waals surface area contributed by atoms with Gasteiger partial charge in [-0.1, -0.05) is 72.4 Å². The fourth-order valence-electron chi connectivity index (χ4n) is 3.85. The number of para-hydroxylation sites is 1. The molecule has 5 nitrogen and oxygen atoms in total. The molecule has 1 unspecified atom stereocenters. The van der Waals surface area contributed by atoms with Crippen molar-refractivity contribution in [3.05, 3.63) is 84.2 Å². The van der Waals surface area contributed by atoms with Crippen molar-refractivity contribution < 1.29 is 4.79 Å². The maximum absolute atomic E-state index is 12.6. The number of amides is 1. The predicted octanol–water partition coefficient (Wildman–Crippen LogP) is 5.27. The summed E-state index contributed by atoms with van der Waals surface area (Å²) in [7, 11) is 0. The highest BCUT2D eigenvalue weighted by Crippen LogP contribution is 2.40. The first-order valence-corrected chi connectivity index (χ1v) is 11.6. The van der Waals surface area contributed by atoms with Crippen molar-refractivity contribution in [2.75, 3.05) is 5.75 Å². The zero-order valence-electron chi connectivity index (χ0n) is 17.4. The molecule has 31 heavy (non-hydrogen) atoms. The molecular formula is C25H24N4OS. The van der Waals surface area contributed by atoms with Gasteiger partial charge in [0.25, 0.3) is 0 Å². The summed E-state index contributed by atoms with van der Waals surface area (Å²) in [4.78, 5) is 17.4. The second kappa shape index (κ2) is 8.55. The van der Waals surface area contributed by atoms with E-state index in [1.165, 1.54) is 22.5 Å². The average molecular weight is 429 g/mol. The number of nitrogens with one attached hydrogen (secondary N) is 1. The standard InChI is InChI=1S/C25H24N4OS/c1-17(21-13-7-9-18-8-5-6-12-22(18)21)26-23(30)16-31-25-27-24(19-14-15-19)29(28-25)20-10-3-2-4-11-20/h2-13,17,19H,14-16H2,1H3,(H,26,30). The van der Waals surface area contributed by atoms with Crippen molar-refractivity contribution in [2.24, 2.45) is 0 Å². The Morgan fingerprint density at radius 2 is 1.81 bits per heavy atom. The number of nitrogens with zero attached hydrogens (tertiary/aromatic N) is 3. The van der Waals surface area contributed by atoms with Crippen molar-refractivity contribution in [3.8, 4) is 5.69 Å². The minimum absolute atomic E-state index is 0.0190. The molecule has 0 saturated heterocycles. The second-order valence-corrected chi connectivity index (χ2v) is 8.86. The molecular weight excluding hydrogens is 404 g/mol. The summed E-state index contributed by atoms with van der Waals surface area (Å²) in [6.07, 6.45) is 2.30. The fraction of sp³-hybridized carbons (Fsp3) is 0.240. The van der Waals surface area contributed by atoms with Crippen LogP contribution in [0.5, 0.6) is 0 Å². The summed E-state index contributed by atoms with van der Waals surface area (Å²) in [5, 5.41) is 10.8. The molecule has 1 amide bonds. The summed E-state index contributed by atoms with van der Waals surface area (Å²) < 4.78 is 1.93. The number of thioether (sulfide) groups is 1. The molecule has 1 fully saturated rings. The van der Waals surface area contributed by atoms with Crippen LogP contribution in [0.2, 0.25) is 0 Å². The maximum Gasteiger partial charge on any atom is 0.230 e. The predicted molar refractivity (Wildman–Crippen MR) is 125 cm³/mol. The molecule has 1 N–H and O–H groups in total. The van der Waals surface area contributed by atoms with Crippen LogP contribution in [0.25, 0.3) is 16.5 Å². The number of aromatic nitrogens is 3. The molecule has 5 rings (SSSR count). The lowest BCUT2D eigenvalue weighted by atomic mass is 10.00. The monoisotopic (exact) mass is 428 g/mol. The van der Waals surface area contributed by atoms with Gasteiger partial charge in [0.1, 0.15) is 5.82 Å². The van der Waals surface area contributed by atoms with Crippen molar-refractivity contribution >= 4 is 28.4 Å². The Morgan fingerprint density at radius 1 is 1.06 bits per heavy atom. The molecule has 0 aliphatic heterocycles. The number of rotatable bonds is 7. The summed E-state index contributed by atoms with van der Waals surface area (Å²) >= 11 is 1.39. The molecule has 1 atom stereocenters. The van der Waals surface area contributed by atoms with Gasteiger partial charge in [0.05, 0.1) is 17.5 Å². The lowest BCUT2D eigenvalue weighted by Gasteiger charge is -2.16. The van der Waals surface area contributed by atoms with Crippen LogP contribution in [0.15, 0.2) is 78.0 Å². The van der Waals surface area contributed by atoms with Gasteiger partial charge in [0.2, 0.25) is 11.1 Å². The normalized spacial score (nSPS) is 14.5. The molecule has 0 spiro atoms. The van der Waals surface area contributed by atoms with Gasteiger partial charge in [-0.05, 0) is 48.2 Å². The smallest absolute Gasteiger partial charge is 0.230 e. The van der Waals surface area contributed by atoms with E-state index in [0.29, 0.717) is 11.1 Å². The lowest BCUT2D eigenvalue weighted by molar-refractivity contribution is -0.119. The van der Waals surface area contributed by atoms with Crippen LogP contribution in [0.1, 0.15) is 43.1 Å². The Morgan fingerprint density at radius 3 is 2.61 bits per heavy atom. The quantitative estimate of drug-likeness (QED) is 0.408. The molecule has 1 aliphatic rings. The highest BCUT2D eigenvalue weighted by atomic mass is 32.2. The minimum atomic E-state index is -0.0731. The Bertz CT molecular complexity index is 1210. The SMILES string of the molecule is CC(NC(=O)CSc1nc(C2CC2)n(-c2ccccc2)n1)c1cccc2ccccc12. The van der Waals surface area contributed by atoms with Gasteiger partial charge in [-0.15, -0.1) is 5.10 Å². The average Bonchev–Trinajstić information content (AvgIpc) is 3.57. The second-order valence-electron chi connectivity index (χ2n) is 7.92. The Kier molecular flexibility index (Phi) is 5.47. The minimum Gasteiger partial charge on any atom is -0.349 e. The van der Waals surface area contributed by atoms with E-state index in [-0.39, 0.29) is 17.7 Å². The first kappa shape index (κ1) is 19.8. The number of hydrogen-bond donors (Lipinski definition) is 1. The Labute approximate surface area is 185 Å². The third kappa shape index (κ3) is 4.35. The van der Waals surface area contributed by atoms with Gasteiger partial charge in [-0.3, -0.25) is 4.79 Å². The molecule has 1 heterocycles. The van der Waals surface area contributed by atoms with E-state index in [2.05, 4.69) is 34.7 Å². The summed E-state index contributed by atoms with van der Waals surface area (Å²) in [6, 6.07) is 24.5. The molecule has 6 heteroatoms. The molecule has 1 aromatic heterocycles. The molecule has 3 aromatic carbocycles. The van der Waals surface area contributed by atoms with E-state index in [4.69, 9.17) is 4.98 Å². The van der Waals surface area contributed by atoms with Crippen LogP contribution < -0.4 is 5.32 Å². The number of carbonyl (C=O) groups excluding carboxylic acids is 1. The van der Waals surface area contributed by atoms with E-state index in [0.717, 1.165) is 29.9 Å². The van der Waals surface area contributed by atoms with Gasteiger partial charge < -0.3 is 5.32 Å². The number of carbonyl (C=O) groups is 1. The topological polar surface area (TPSA) is 59.8 Å². The third-order valence-corrected chi connectivity index (χ3v) is 6.39. The van der Waals surface area contributed by atoms with E-state index >= 15 is 0 Å². The Hall–Kier alpha value is -3.12. The number of hydrogen-bond acceptors (Lipinski definition) is 4. The van der Waals surface area contributed by atoms with Crippen molar-refractivity contribution in [3.63, 3.8) is 0 Å². The van der Waals surface area contributed by atoms with E-state index in [1.54, 1.807) is 0 Å². The molecule has 0 bridgehead atoms. The fourth-order valence-corrected chi connectivity index (χ4v) is 4.49. The van der Waals surface area contributed by atoms with E-state index < -0.39 is 0 Å². The zero-order valence-corrected chi connectivity index (χ0v) is 18.2.